The summed E-state index contributed by atoms with van der Waals surface area (Å²) in [6.07, 6.45) is 2.84. The van der Waals surface area contributed by atoms with Gasteiger partial charge >= 0.3 is 5.97 Å². The van der Waals surface area contributed by atoms with Crippen molar-refractivity contribution >= 4 is 44.9 Å². The Labute approximate surface area is 186 Å². The van der Waals surface area contributed by atoms with Crippen LogP contribution in [0.25, 0.3) is 10.2 Å². The molecule has 32 heavy (non-hydrogen) atoms. The number of aryl methyl sites for hydroxylation is 1. The van der Waals surface area contributed by atoms with Crippen LogP contribution >= 0.6 is 11.3 Å². The van der Waals surface area contributed by atoms with Gasteiger partial charge in [-0.25, -0.2) is 9.78 Å². The number of hydrogen-bond donors (Lipinski definition) is 1. The van der Waals surface area contributed by atoms with Crippen molar-refractivity contribution in [3.05, 3.63) is 63.5 Å². The van der Waals surface area contributed by atoms with Crippen LogP contribution in [-0.2, 0) is 4.79 Å². The van der Waals surface area contributed by atoms with Crippen molar-refractivity contribution in [2.75, 3.05) is 18.1 Å². The minimum Gasteiger partial charge on any atom is -0.482 e. The van der Waals surface area contributed by atoms with E-state index in [-0.39, 0.29) is 35.1 Å². The average molecular weight is 453 g/mol. The van der Waals surface area contributed by atoms with E-state index in [9.17, 15) is 24.3 Å². The second-order valence-corrected chi connectivity index (χ2v) is 8.30. The first-order valence-corrected chi connectivity index (χ1v) is 10.5. The standard InChI is InChI=1S/C22H19N3O6S/c1-4-7-24-14-8-13(5-6-15(14)31-9-16(24)26)18(27)12(3)25-10-23-20-17(21(25)28)11(2)19(32-20)22(29)30/h4-6,8,10,12H,1,7,9H2,2-3H3,(H,29,30). The first kappa shape index (κ1) is 21.4. The van der Waals surface area contributed by atoms with Crippen LogP contribution in [0.15, 0.2) is 42.0 Å². The normalized spacial score (nSPS) is 14.1. The van der Waals surface area contributed by atoms with Gasteiger partial charge in [-0.2, -0.15) is 0 Å². The summed E-state index contributed by atoms with van der Waals surface area (Å²) in [6.45, 7) is 6.96. The summed E-state index contributed by atoms with van der Waals surface area (Å²) in [5.74, 6) is -1.26. The molecule has 0 spiro atoms. The molecule has 1 aliphatic rings. The molecule has 1 N–H and O–H groups in total. The van der Waals surface area contributed by atoms with Crippen LogP contribution in [0.2, 0.25) is 0 Å². The number of ketones is 1. The van der Waals surface area contributed by atoms with Gasteiger partial charge in [0, 0.05) is 12.1 Å². The molecule has 10 heteroatoms. The molecule has 2 aromatic heterocycles. The van der Waals surface area contributed by atoms with E-state index in [4.69, 9.17) is 4.74 Å². The molecule has 0 aliphatic carbocycles. The minimum absolute atomic E-state index is 0.0444. The fourth-order valence-electron chi connectivity index (χ4n) is 3.67. The van der Waals surface area contributed by atoms with Crippen LogP contribution in [0, 0.1) is 6.92 Å². The largest absolute Gasteiger partial charge is 0.482 e. The molecule has 3 heterocycles. The third-order valence-corrected chi connectivity index (χ3v) is 6.55. The molecule has 1 aliphatic heterocycles. The molecule has 164 valence electrons. The van der Waals surface area contributed by atoms with Gasteiger partial charge in [-0.1, -0.05) is 6.08 Å². The molecule has 0 fully saturated rings. The number of benzene rings is 1. The van der Waals surface area contributed by atoms with E-state index in [1.165, 1.54) is 15.8 Å². The first-order valence-electron chi connectivity index (χ1n) is 9.70. The van der Waals surface area contributed by atoms with Gasteiger partial charge < -0.3 is 14.7 Å². The number of rotatable bonds is 6. The summed E-state index contributed by atoms with van der Waals surface area (Å²) in [4.78, 5) is 55.9. The zero-order valence-corrected chi connectivity index (χ0v) is 18.1. The lowest BCUT2D eigenvalue weighted by atomic mass is 10.0. The summed E-state index contributed by atoms with van der Waals surface area (Å²) in [6, 6.07) is 3.85. The van der Waals surface area contributed by atoms with E-state index < -0.39 is 17.6 Å². The lowest BCUT2D eigenvalue weighted by molar-refractivity contribution is -0.121. The molecular weight excluding hydrogens is 434 g/mol. The van der Waals surface area contributed by atoms with E-state index in [1.54, 1.807) is 38.1 Å². The van der Waals surface area contributed by atoms with E-state index in [0.29, 0.717) is 27.4 Å². The Bertz CT molecular complexity index is 1360. The summed E-state index contributed by atoms with van der Waals surface area (Å²) in [5, 5.41) is 9.51. The molecule has 0 radical (unpaired) electrons. The maximum atomic E-state index is 13.2. The molecule has 9 nitrogen and oxygen atoms in total. The molecule has 0 saturated heterocycles. The number of fused-ring (bicyclic) bond motifs is 2. The number of aromatic carboxylic acids is 1. The number of aromatic nitrogens is 2. The van der Waals surface area contributed by atoms with Gasteiger partial charge in [0.25, 0.3) is 11.5 Å². The van der Waals surface area contributed by atoms with Crippen LogP contribution in [0.1, 0.15) is 38.6 Å². The van der Waals surface area contributed by atoms with Crippen LogP contribution in [0.5, 0.6) is 5.75 Å². The zero-order chi connectivity index (χ0) is 23.2. The molecular formula is C22H19N3O6S. The van der Waals surface area contributed by atoms with Crippen molar-refractivity contribution in [2.45, 2.75) is 19.9 Å². The highest BCUT2D eigenvalue weighted by molar-refractivity contribution is 7.20. The summed E-state index contributed by atoms with van der Waals surface area (Å²) in [7, 11) is 0. The van der Waals surface area contributed by atoms with Gasteiger partial charge in [0.2, 0.25) is 0 Å². The van der Waals surface area contributed by atoms with E-state index in [0.717, 1.165) is 11.3 Å². The van der Waals surface area contributed by atoms with Crippen molar-refractivity contribution in [2.24, 2.45) is 0 Å². The third kappa shape index (κ3) is 3.38. The number of carbonyl (C=O) groups is 3. The number of hydrogen-bond acceptors (Lipinski definition) is 7. The Morgan fingerprint density at radius 3 is 2.81 bits per heavy atom. The van der Waals surface area contributed by atoms with Gasteiger partial charge in [-0.3, -0.25) is 19.0 Å². The molecule has 3 aromatic rings. The lowest BCUT2D eigenvalue weighted by Crippen LogP contribution is -2.39. The second-order valence-electron chi connectivity index (χ2n) is 7.30. The van der Waals surface area contributed by atoms with Gasteiger partial charge in [0.1, 0.15) is 15.5 Å². The molecule has 1 aromatic carbocycles. The molecule has 0 saturated carbocycles. The molecule has 0 bridgehead atoms. The van der Waals surface area contributed by atoms with E-state index in [2.05, 4.69) is 11.6 Å². The average Bonchev–Trinajstić information content (AvgIpc) is 3.12. The number of carboxylic acids is 1. The fraction of sp³-hybridized carbons (Fsp3) is 0.227. The Balaban J connectivity index is 1.74. The second kappa shape index (κ2) is 8.04. The number of nitrogens with zero attached hydrogens (tertiary/aromatic N) is 3. The van der Waals surface area contributed by atoms with Crippen molar-refractivity contribution in [1.29, 1.82) is 0 Å². The van der Waals surface area contributed by atoms with Gasteiger partial charge in [-0.15, -0.1) is 17.9 Å². The monoisotopic (exact) mass is 453 g/mol. The number of carboxylic acid groups (broad SMARTS) is 1. The smallest absolute Gasteiger partial charge is 0.346 e. The highest BCUT2D eigenvalue weighted by Gasteiger charge is 2.28. The van der Waals surface area contributed by atoms with E-state index in [1.807, 2.05) is 0 Å². The number of ether oxygens (including phenoxy) is 1. The number of Topliss-reactive ketones (excluding diaryl/α,β-unsaturated/α-hetero) is 1. The van der Waals surface area contributed by atoms with Gasteiger partial charge in [-0.05, 0) is 37.6 Å². The Kier molecular flexibility index (Phi) is 5.39. The van der Waals surface area contributed by atoms with Crippen LogP contribution in [-0.4, -0.2) is 45.5 Å². The van der Waals surface area contributed by atoms with Crippen molar-refractivity contribution in [3.8, 4) is 5.75 Å². The van der Waals surface area contributed by atoms with Crippen molar-refractivity contribution in [3.63, 3.8) is 0 Å². The Hall–Kier alpha value is -3.79. The predicted molar refractivity (Wildman–Crippen MR) is 119 cm³/mol. The van der Waals surface area contributed by atoms with Crippen LogP contribution < -0.4 is 15.2 Å². The Morgan fingerprint density at radius 1 is 1.38 bits per heavy atom. The van der Waals surface area contributed by atoms with Crippen molar-refractivity contribution < 1.29 is 24.2 Å². The molecule has 1 unspecified atom stereocenters. The predicted octanol–water partition coefficient (Wildman–Crippen LogP) is 2.82. The topological polar surface area (TPSA) is 119 Å². The van der Waals surface area contributed by atoms with Gasteiger partial charge in [0.15, 0.2) is 12.4 Å². The van der Waals surface area contributed by atoms with E-state index >= 15 is 0 Å². The molecule has 1 atom stereocenters. The third-order valence-electron chi connectivity index (χ3n) is 5.37. The Morgan fingerprint density at radius 2 is 2.12 bits per heavy atom. The number of carbonyl (C=O) groups excluding carboxylic acids is 2. The molecule has 4 rings (SSSR count). The minimum atomic E-state index is -1.13. The maximum absolute atomic E-state index is 13.2. The number of anilines is 1. The zero-order valence-electron chi connectivity index (χ0n) is 17.3. The van der Waals surface area contributed by atoms with Crippen LogP contribution in [0.3, 0.4) is 0 Å². The van der Waals surface area contributed by atoms with Crippen LogP contribution in [0.4, 0.5) is 5.69 Å². The number of amides is 1. The fourth-order valence-corrected chi connectivity index (χ4v) is 4.65. The summed E-state index contributed by atoms with van der Waals surface area (Å²) in [5.41, 5.74) is 0.596. The number of thiophene rings is 1. The SMILES string of the molecule is C=CCN1C(=O)COc2ccc(C(=O)C(C)n3cnc4sc(C(=O)O)c(C)c4c3=O)cc21. The highest BCUT2D eigenvalue weighted by Crippen LogP contribution is 2.34. The lowest BCUT2D eigenvalue weighted by Gasteiger charge is -2.29. The van der Waals surface area contributed by atoms with Gasteiger partial charge in [0.05, 0.1) is 23.4 Å². The highest BCUT2D eigenvalue weighted by atomic mass is 32.1. The maximum Gasteiger partial charge on any atom is 0.346 e. The summed E-state index contributed by atoms with van der Waals surface area (Å²) >= 11 is 0.924. The van der Waals surface area contributed by atoms with Crippen molar-refractivity contribution in [1.82, 2.24) is 9.55 Å². The molecule has 1 amide bonds. The first-order chi connectivity index (χ1) is 15.2. The quantitative estimate of drug-likeness (QED) is 0.450. The summed E-state index contributed by atoms with van der Waals surface area (Å²) < 4.78 is 6.64.